The maximum atomic E-state index is 12.4. The molecular weight excluding hydrogens is 318 g/mol. The van der Waals surface area contributed by atoms with Gasteiger partial charge in [-0.05, 0) is 45.7 Å². The van der Waals surface area contributed by atoms with E-state index in [0.29, 0.717) is 24.7 Å². The Kier molecular flexibility index (Phi) is 4.81. The number of carbonyl (C=O) groups excluding carboxylic acids is 1. The Morgan fingerprint density at radius 2 is 2.12 bits per heavy atom. The number of rotatable bonds is 4. The Morgan fingerprint density at radius 1 is 1.40 bits per heavy atom. The lowest BCUT2D eigenvalue weighted by Gasteiger charge is -2.33. The molecule has 0 bridgehead atoms. The van der Waals surface area contributed by atoms with Gasteiger partial charge < -0.3 is 19.7 Å². The third-order valence-corrected chi connectivity index (χ3v) is 4.60. The molecule has 2 aromatic rings. The zero-order valence-corrected chi connectivity index (χ0v) is 15.0. The van der Waals surface area contributed by atoms with Crippen molar-refractivity contribution < 1.29 is 14.3 Å². The van der Waals surface area contributed by atoms with Gasteiger partial charge in [0.05, 0.1) is 23.9 Å². The van der Waals surface area contributed by atoms with E-state index in [-0.39, 0.29) is 12.1 Å². The van der Waals surface area contributed by atoms with Crippen molar-refractivity contribution in [2.75, 3.05) is 6.54 Å². The Hall–Kier alpha value is -2.34. The number of nitrogens with zero attached hydrogens (tertiary/aromatic N) is 2. The monoisotopic (exact) mass is 343 g/mol. The Morgan fingerprint density at radius 3 is 2.80 bits per heavy atom. The predicted molar refractivity (Wildman–Crippen MR) is 94.9 cm³/mol. The van der Waals surface area contributed by atoms with Gasteiger partial charge in [0.1, 0.15) is 6.26 Å². The van der Waals surface area contributed by atoms with Crippen molar-refractivity contribution >= 4 is 6.03 Å². The largest absolute Gasteiger partial charge is 0.444 e. The van der Waals surface area contributed by atoms with Crippen molar-refractivity contribution in [2.45, 2.75) is 51.8 Å². The van der Waals surface area contributed by atoms with E-state index in [1.165, 1.54) is 5.56 Å². The summed E-state index contributed by atoms with van der Waals surface area (Å²) in [6.07, 6.45) is 3.29. The summed E-state index contributed by atoms with van der Waals surface area (Å²) in [4.78, 5) is 18.6. The van der Waals surface area contributed by atoms with Gasteiger partial charge in [-0.25, -0.2) is 9.78 Å². The van der Waals surface area contributed by atoms with E-state index in [1.807, 2.05) is 31.2 Å². The predicted octanol–water partition coefficient (Wildman–Crippen LogP) is 3.09. The van der Waals surface area contributed by atoms with E-state index < -0.39 is 5.60 Å². The van der Waals surface area contributed by atoms with Crippen molar-refractivity contribution in [1.82, 2.24) is 15.2 Å². The van der Waals surface area contributed by atoms with Crippen molar-refractivity contribution in [3.63, 3.8) is 0 Å². The first-order chi connectivity index (χ1) is 11.8. The smallest absolute Gasteiger partial charge is 0.318 e. The summed E-state index contributed by atoms with van der Waals surface area (Å²) in [5, 5.41) is 13.1. The number of aliphatic hydroxyl groups is 1. The molecule has 0 radical (unpaired) electrons. The average Bonchev–Trinajstić information content (AvgIpc) is 3.22. The van der Waals surface area contributed by atoms with Crippen LogP contribution >= 0.6 is 0 Å². The van der Waals surface area contributed by atoms with Crippen molar-refractivity contribution in [3.05, 3.63) is 41.8 Å². The van der Waals surface area contributed by atoms with Crippen LogP contribution in [0.5, 0.6) is 0 Å². The molecule has 1 aromatic heterocycles. The second-order valence-corrected chi connectivity index (χ2v) is 7.17. The summed E-state index contributed by atoms with van der Waals surface area (Å²) in [5.41, 5.74) is 1.85. The standard InChI is InChI=1S/C19H25N3O3/c1-13-6-8-14(9-7-13)17-21-15(12-25-17)11-20-18(23)22-10-4-5-16(22)19(2,3)24/h6-9,12,16,24H,4-5,10-11H2,1-3H3,(H,20,23)/t16-/m1/s1. The molecule has 0 spiro atoms. The van der Waals surface area contributed by atoms with Crippen molar-refractivity contribution in [1.29, 1.82) is 0 Å². The minimum atomic E-state index is -0.902. The lowest BCUT2D eigenvalue weighted by Crippen LogP contribution is -2.51. The highest BCUT2D eigenvalue weighted by atomic mass is 16.3. The average molecular weight is 343 g/mol. The topological polar surface area (TPSA) is 78.6 Å². The molecule has 1 aliphatic rings. The molecule has 1 saturated heterocycles. The van der Waals surface area contributed by atoms with Crippen LogP contribution in [-0.4, -0.2) is 39.2 Å². The maximum Gasteiger partial charge on any atom is 0.318 e. The van der Waals surface area contributed by atoms with Crippen LogP contribution in [0.2, 0.25) is 0 Å². The molecule has 1 fully saturated rings. The van der Waals surface area contributed by atoms with Gasteiger partial charge in [0.2, 0.25) is 5.89 Å². The van der Waals surface area contributed by atoms with Crippen LogP contribution in [0.25, 0.3) is 11.5 Å². The Bertz CT molecular complexity index is 731. The molecule has 6 heteroatoms. The minimum Gasteiger partial charge on any atom is -0.444 e. The van der Waals surface area contributed by atoms with E-state index in [0.717, 1.165) is 18.4 Å². The number of carbonyl (C=O) groups is 1. The molecule has 2 N–H and O–H groups in total. The number of benzene rings is 1. The maximum absolute atomic E-state index is 12.4. The quantitative estimate of drug-likeness (QED) is 0.894. The highest BCUT2D eigenvalue weighted by Crippen LogP contribution is 2.26. The molecule has 1 aromatic carbocycles. The summed E-state index contributed by atoms with van der Waals surface area (Å²) in [5.74, 6) is 0.541. The third-order valence-electron chi connectivity index (χ3n) is 4.60. The molecule has 2 heterocycles. The van der Waals surface area contributed by atoms with E-state index in [1.54, 1.807) is 25.0 Å². The zero-order chi connectivity index (χ0) is 18.0. The van der Waals surface area contributed by atoms with Crippen LogP contribution in [0.15, 0.2) is 34.9 Å². The van der Waals surface area contributed by atoms with Gasteiger partial charge in [-0.2, -0.15) is 0 Å². The van der Waals surface area contributed by atoms with Crippen molar-refractivity contribution in [3.8, 4) is 11.5 Å². The fourth-order valence-corrected chi connectivity index (χ4v) is 3.23. The van der Waals surface area contributed by atoms with Gasteiger partial charge in [0, 0.05) is 12.1 Å². The lowest BCUT2D eigenvalue weighted by molar-refractivity contribution is 0.00978. The van der Waals surface area contributed by atoms with Gasteiger partial charge in [0.15, 0.2) is 0 Å². The molecule has 1 atom stereocenters. The normalized spacial score (nSPS) is 17.8. The minimum absolute atomic E-state index is 0.159. The summed E-state index contributed by atoms with van der Waals surface area (Å²) in [6, 6.07) is 7.59. The van der Waals surface area contributed by atoms with Gasteiger partial charge in [-0.3, -0.25) is 0 Å². The number of aromatic nitrogens is 1. The molecule has 1 aliphatic heterocycles. The number of aryl methyl sites for hydroxylation is 1. The highest BCUT2D eigenvalue weighted by Gasteiger charge is 2.38. The summed E-state index contributed by atoms with van der Waals surface area (Å²) in [7, 11) is 0. The van der Waals surface area contributed by atoms with Crippen molar-refractivity contribution in [2.24, 2.45) is 0 Å². The molecular formula is C19H25N3O3. The van der Waals surface area contributed by atoms with Gasteiger partial charge in [-0.1, -0.05) is 17.7 Å². The molecule has 0 saturated carbocycles. The molecule has 0 unspecified atom stereocenters. The molecule has 3 rings (SSSR count). The number of nitrogens with one attached hydrogen (secondary N) is 1. The second-order valence-electron chi connectivity index (χ2n) is 7.17. The third kappa shape index (κ3) is 4.02. The van der Waals surface area contributed by atoms with Crippen LogP contribution in [0, 0.1) is 6.92 Å². The Labute approximate surface area is 147 Å². The first-order valence-electron chi connectivity index (χ1n) is 8.63. The Balaban J connectivity index is 1.60. The summed E-state index contributed by atoms with van der Waals surface area (Å²) in [6.45, 7) is 6.47. The van der Waals surface area contributed by atoms with Gasteiger partial charge >= 0.3 is 6.03 Å². The number of hydrogen-bond donors (Lipinski definition) is 2. The fourth-order valence-electron chi connectivity index (χ4n) is 3.23. The number of urea groups is 1. The molecule has 25 heavy (non-hydrogen) atoms. The first-order valence-corrected chi connectivity index (χ1v) is 8.63. The van der Waals surface area contributed by atoms with E-state index >= 15 is 0 Å². The van der Waals surface area contributed by atoms with E-state index in [4.69, 9.17) is 4.42 Å². The number of hydrogen-bond acceptors (Lipinski definition) is 4. The van der Waals surface area contributed by atoms with Gasteiger partial charge in [0.25, 0.3) is 0 Å². The zero-order valence-electron chi connectivity index (χ0n) is 15.0. The van der Waals surface area contributed by atoms with Crippen LogP contribution in [0.4, 0.5) is 4.79 Å². The summed E-state index contributed by atoms with van der Waals surface area (Å²) >= 11 is 0. The summed E-state index contributed by atoms with van der Waals surface area (Å²) < 4.78 is 5.51. The second kappa shape index (κ2) is 6.88. The molecule has 0 aliphatic carbocycles. The molecule has 6 nitrogen and oxygen atoms in total. The fraction of sp³-hybridized carbons (Fsp3) is 0.474. The van der Waals surface area contributed by atoms with E-state index in [2.05, 4.69) is 10.3 Å². The van der Waals surface area contributed by atoms with Gasteiger partial charge in [-0.15, -0.1) is 0 Å². The van der Waals surface area contributed by atoms with Crippen LogP contribution < -0.4 is 5.32 Å². The van der Waals surface area contributed by atoms with Crippen LogP contribution in [0.1, 0.15) is 37.9 Å². The highest BCUT2D eigenvalue weighted by molar-refractivity contribution is 5.75. The molecule has 134 valence electrons. The van der Waals surface area contributed by atoms with E-state index in [9.17, 15) is 9.90 Å². The number of likely N-dealkylation sites (tertiary alicyclic amines) is 1. The number of oxazole rings is 1. The lowest BCUT2D eigenvalue weighted by atomic mass is 9.97. The SMILES string of the molecule is Cc1ccc(-c2nc(CNC(=O)N3CCC[C@@H]3C(C)(C)O)co2)cc1. The molecule has 2 amide bonds. The van der Waals surface area contributed by atoms with Crippen LogP contribution in [-0.2, 0) is 6.54 Å². The first kappa shape index (κ1) is 17.5. The van der Waals surface area contributed by atoms with Crippen LogP contribution in [0.3, 0.4) is 0 Å². The number of amides is 2.